The van der Waals surface area contributed by atoms with Crippen molar-refractivity contribution in [2.75, 3.05) is 19.8 Å². The number of allylic oxidation sites excluding steroid dienone is 1. The third-order valence-electron chi connectivity index (χ3n) is 1.85. The highest BCUT2D eigenvalue weighted by molar-refractivity contribution is 5.65. The van der Waals surface area contributed by atoms with Crippen LogP contribution in [-0.2, 0) is 14.3 Å². The first-order valence-corrected chi connectivity index (χ1v) is 5.47. The van der Waals surface area contributed by atoms with Crippen LogP contribution in [0.2, 0.25) is 0 Å². The zero-order chi connectivity index (χ0) is 11.5. The summed E-state index contributed by atoms with van der Waals surface area (Å²) in [4.78, 5) is 10.4. The topological polar surface area (TPSA) is 35.5 Å². The summed E-state index contributed by atoms with van der Waals surface area (Å²) >= 11 is 0. The van der Waals surface area contributed by atoms with Gasteiger partial charge in [-0.15, -0.1) is 0 Å². The molecule has 3 nitrogen and oxygen atoms in total. The molecule has 0 radical (unpaired) electrons. The molecule has 0 amide bonds. The Bertz CT molecular complexity index is 193. The predicted molar refractivity (Wildman–Crippen MR) is 60.7 cm³/mol. The van der Waals surface area contributed by atoms with Gasteiger partial charge in [-0.1, -0.05) is 11.6 Å². The van der Waals surface area contributed by atoms with Gasteiger partial charge in [0.15, 0.2) is 0 Å². The van der Waals surface area contributed by atoms with E-state index in [4.69, 9.17) is 9.47 Å². The summed E-state index contributed by atoms with van der Waals surface area (Å²) < 4.78 is 10.2. The van der Waals surface area contributed by atoms with E-state index in [0.717, 1.165) is 25.9 Å². The SMILES string of the molecule is CC(=O)OCCCCCOCC=C(C)C. The van der Waals surface area contributed by atoms with Crippen LogP contribution < -0.4 is 0 Å². The molecule has 0 saturated heterocycles. The lowest BCUT2D eigenvalue weighted by Crippen LogP contribution is -2.01. The summed E-state index contributed by atoms with van der Waals surface area (Å²) in [5.74, 6) is -0.199. The lowest BCUT2D eigenvalue weighted by atomic mass is 10.2. The number of rotatable bonds is 8. The Morgan fingerprint density at radius 2 is 1.73 bits per heavy atom. The van der Waals surface area contributed by atoms with Crippen molar-refractivity contribution in [3.05, 3.63) is 11.6 Å². The number of hydrogen-bond donors (Lipinski definition) is 0. The highest BCUT2D eigenvalue weighted by atomic mass is 16.5. The van der Waals surface area contributed by atoms with E-state index in [1.807, 2.05) is 0 Å². The minimum absolute atomic E-state index is 0.199. The Morgan fingerprint density at radius 1 is 1.07 bits per heavy atom. The molecule has 0 bridgehead atoms. The van der Waals surface area contributed by atoms with Gasteiger partial charge in [0.1, 0.15) is 0 Å². The Balaban J connectivity index is 3.05. The lowest BCUT2D eigenvalue weighted by molar-refractivity contribution is -0.141. The molecular formula is C12H22O3. The Labute approximate surface area is 92.5 Å². The van der Waals surface area contributed by atoms with E-state index >= 15 is 0 Å². The number of unbranched alkanes of at least 4 members (excludes halogenated alkanes) is 2. The van der Waals surface area contributed by atoms with E-state index in [9.17, 15) is 4.79 Å². The molecule has 0 atom stereocenters. The van der Waals surface area contributed by atoms with Crippen LogP contribution in [0.4, 0.5) is 0 Å². The monoisotopic (exact) mass is 214 g/mol. The van der Waals surface area contributed by atoms with E-state index in [0.29, 0.717) is 13.2 Å². The first-order valence-electron chi connectivity index (χ1n) is 5.47. The molecule has 15 heavy (non-hydrogen) atoms. The maximum Gasteiger partial charge on any atom is 0.302 e. The maximum atomic E-state index is 10.4. The van der Waals surface area contributed by atoms with Crippen molar-refractivity contribution < 1.29 is 14.3 Å². The van der Waals surface area contributed by atoms with Crippen molar-refractivity contribution in [2.45, 2.75) is 40.0 Å². The highest BCUT2D eigenvalue weighted by Gasteiger charge is 1.93. The maximum absolute atomic E-state index is 10.4. The zero-order valence-electron chi connectivity index (χ0n) is 10.0. The van der Waals surface area contributed by atoms with Crippen LogP contribution in [0, 0.1) is 0 Å². The molecular weight excluding hydrogens is 192 g/mol. The van der Waals surface area contributed by atoms with Crippen LogP contribution in [0.25, 0.3) is 0 Å². The van der Waals surface area contributed by atoms with Crippen molar-refractivity contribution >= 4 is 5.97 Å². The molecule has 0 saturated carbocycles. The van der Waals surface area contributed by atoms with Gasteiger partial charge >= 0.3 is 5.97 Å². The fourth-order valence-corrected chi connectivity index (χ4v) is 1.01. The summed E-state index contributed by atoms with van der Waals surface area (Å²) in [6.07, 6.45) is 5.06. The van der Waals surface area contributed by atoms with E-state index < -0.39 is 0 Å². The summed E-state index contributed by atoms with van der Waals surface area (Å²) in [6.45, 7) is 7.56. The number of carbonyl (C=O) groups excluding carboxylic acids is 1. The first-order chi connectivity index (χ1) is 7.13. The lowest BCUT2D eigenvalue weighted by Gasteiger charge is -2.02. The zero-order valence-corrected chi connectivity index (χ0v) is 10.0. The van der Waals surface area contributed by atoms with Crippen molar-refractivity contribution in [3.63, 3.8) is 0 Å². The third-order valence-corrected chi connectivity index (χ3v) is 1.85. The molecule has 3 heteroatoms. The van der Waals surface area contributed by atoms with Gasteiger partial charge in [-0.25, -0.2) is 0 Å². The average Bonchev–Trinajstić information content (AvgIpc) is 2.14. The van der Waals surface area contributed by atoms with Crippen LogP contribution in [0.1, 0.15) is 40.0 Å². The molecule has 0 aliphatic heterocycles. The van der Waals surface area contributed by atoms with Gasteiger partial charge in [0, 0.05) is 13.5 Å². The highest BCUT2D eigenvalue weighted by Crippen LogP contribution is 1.97. The standard InChI is InChI=1S/C12H22O3/c1-11(2)7-10-14-8-5-4-6-9-15-12(3)13/h7H,4-6,8-10H2,1-3H3. The molecule has 88 valence electrons. The summed E-state index contributed by atoms with van der Waals surface area (Å²) in [6, 6.07) is 0. The van der Waals surface area contributed by atoms with Gasteiger partial charge in [-0.05, 0) is 33.1 Å². The molecule has 0 rings (SSSR count). The van der Waals surface area contributed by atoms with Crippen molar-refractivity contribution in [3.8, 4) is 0 Å². The second-order valence-electron chi connectivity index (χ2n) is 3.76. The fraction of sp³-hybridized carbons (Fsp3) is 0.750. The van der Waals surface area contributed by atoms with E-state index in [-0.39, 0.29) is 5.97 Å². The van der Waals surface area contributed by atoms with Gasteiger partial charge in [0.25, 0.3) is 0 Å². The fourth-order valence-electron chi connectivity index (χ4n) is 1.01. The van der Waals surface area contributed by atoms with Crippen LogP contribution in [0.3, 0.4) is 0 Å². The van der Waals surface area contributed by atoms with Crippen molar-refractivity contribution in [1.29, 1.82) is 0 Å². The van der Waals surface area contributed by atoms with Crippen LogP contribution in [0.5, 0.6) is 0 Å². The van der Waals surface area contributed by atoms with Gasteiger partial charge in [0.2, 0.25) is 0 Å². The van der Waals surface area contributed by atoms with Crippen LogP contribution in [-0.4, -0.2) is 25.8 Å². The van der Waals surface area contributed by atoms with Gasteiger partial charge in [-0.3, -0.25) is 4.79 Å². The first kappa shape index (κ1) is 14.2. The molecule has 0 aliphatic rings. The molecule has 0 heterocycles. The number of esters is 1. The molecule has 0 spiro atoms. The molecule has 0 unspecified atom stereocenters. The summed E-state index contributed by atoms with van der Waals surface area (Å²) in [5.41, 5.74) is 1.28. The van der Waals surface area contributed by atoms with E-state index in [2.05, 4.69) is 19.9 Å². The number of hydrogen-bond acceptors (Lipinski definition) is 3. The third kappa shape index (κ3) is 13.2. The normalized spacial score (nSPS) is 9.80. The number of ether oxygens (including phenoxy) is 2. The quantitative estimate of drug-likeness (QED) is 0.354. The summed E-state index contributed by atoms with van der Waals surface area (Å²) in [7, 11) is 0. The van der Waals surface area contributed by atoms with Gasteiger partial charge in [0.05, 0.1) is 13.2 Å². The predicted octanol–water partition coefficient (Wildman–Crippen LogP) is 2.70. The Morgan fingerprint density at radius 3 is 2.33 bits per heavy atom. The summed E-state index contributed by atoms with van der Waals surface area (Å²) in [5, 5.41) is 0. The Hall–Kier alpha value is -0.830. The molecule has 0 aromatic heterocycles. The minimum Gasteiger partial charge on any atom is -0.466 e. The Kier molecular flexibility index (Phi) is 9.18. The minimum atomic E-state index is -0.199. The smallest absolute Gasteiger partial charge is 0.302 e. The molecule has 0 N–H and O–H groups in total. The second kappa shape index (κ2) is 9.71. The van der Waals surface area contributed by atoms with Crippen molar-refractivity contribution in [1.82, 2.24) is 0 Å². The van der Waals surface area contributed by atoms with Crippen LogP contribution >= 0.6 is 0 Å². The average molecular weight is 214 g/mol. The van der Waals surface area contributed by atoms with E-state index in [1.54, 1.807) is 0 Å². The molecule has 0 aromatic carbocycles. The van der Waals surface area contributed by atoms with Gasteiger partial charge in [-0.2, -0.15) is 0 Å². The second-order valence-corrected chi connectivity index (χ2v) is 3.76. The van der Waals surface area contributed by atoms with E-state index in [1.165, 1.54) is 12.5 Å². The molecule has 0 fully saturated rings. The largest absolute Gasteiger partial charge is 0.466 e. The van der Waals surface area contributed by atoms with Crippen LogP contribution in [0.15, 0.2) is 11.6 Å². The number of carbonyl (C=O) groups is 1. The molecule has 0 aliphatic carbocycles. The van der Waals surface area contributed by atoms with Gasteiger partial charge < -0.3 is 9.47 Å². The van der Waals surface area contributed by atoms with Crippen molar-refractivity contribution in [2.24, 2.45) is 0 Å². The molecule has 0 aromatic rings.